The van der Waals surface area contributed by atoms with Crippen molar-refractivity contribution in [2.45, 2.75) is 42.9 Å². The highest BCUT2D eigenvalue weighted by Crippen LogP contribution is 2.53. The summed E-state index contributed by atoms with van der Waals surface area (Å²) in [5.74, 6) is 2.99. The molecular formula is C23H23N5OS. The summed E-state index contributed by atoms with van der Waals surface area (Å²) in [6.07, 6.45) is 6.24. The van der Waals surface area contributed by atoms with Crippen molar-refractivity contribution in [1.29, 1.82) is 5.26 Å². The molecule has 1 aromatic carbocycles. The summed E-state index contributed by atoms with van der Waals surface area (Å²) in [5, 5.41) is 28.1. The number of aliphatic hydroxyl groups excluding tert-OH is 1. The van der Waals surface area contributed by atoms with E-state index in [4.69, 9.17) is 5.26 Å². The molecule has 2 aliphatic rings. The number of hydrogen-bond acceptors (Lipinski definition) is 6. The van der Waals surface area contributed by atoms with Gasteiger partial charge in [0.25, 0.3) is 0 Å². The molecule has 1 aliphatic heterocycles. The second-order valence-corrected chi connectivity index (χ2v) is 10.1. The Labute approximate surface area is 180 Å². The first-order valence-corrected chi connectivity index (χ1v) is 11.2. The molecule has 0 spiro atoms. The largest absolute Gasteiger partial charge is 0.395 e. The zero-order valence-electron chi connectivity index (χ0n) is 16.9. The average Bonchev–Trinajstić information content (AvgIpc) is 3.53. The number of aromatic nitrogens is 4. The van der Waals surface area contributed by atoms with E-state index in [1.54, 1.807) is 12.4 Å². The van der Waals surface area contributed by atoms with Crippen molar-refractivity contribution in [2.24, 2.45) is 0 Å². The molecule has 0 amide bonds. The van der Waals surface area contributed by atoms with E-state index < -0.39 is 0 Å². The SMILES string of the molecule is CC1(CO)Cc2nnc(C3(c4ccc(-c5cncc(C#N)c5)cc4)CC3)n2CCS1. The molecule has 5 rings (SSSR count). The average molecular weight is 418 g/mol. The maximum atomic E-state index is 9.81. The van der Waals surface area contributed by atoms with Gasteiger partial charge in [0.05, 0.1) is 17.6 Å². The Hall–Kier alpha value is -2.69. The molecule has 3 aromatic rings. The summed E-state index contributed by atoms with van der Waals surface area (Å²) in [6.45, 7) is 3.13. The maximum Gasteiger partial charge on any atom is 0.143 e. The molecule has 1 saturated carbocycles. The maximum absolute atomic E-state index is 9.81. The number of benzene rings is 1. The van der Waals surface area contributed by atoms with E-state index in [1.807, 2.05) is 17.8 Å². The number of aliphatic hydroxyl groups is 1. The van der Waals surface area contributed by atoms with Crippen molar-refractivity contribution < 1.29 is 5.11 Å². The summed E-state index contributed by atoms with van der Waals surface area (Å²) in [5.41, 5.74) is 3.75. The highest BCUT2D eigenvalue weighted by atomic mass is 32.2. The van der Waals surface area contributed by atoms with Gasteiger partial charge in [-0.1, -0.05) is 24.3 Å². The van der Waals surface area contributed by atoms with Crippen LogP contribution in [0.4, 0.5) is 0 Å². The Morgan fingerprint density at radius 3 is 2.67 bits per heavy atom. The molecule has 152 valence electrons. The fourth-order valence-electron chi connectivity index (χ4n) is 4.33. The van der Waals surface area contributed by atoms with E-state index in [-0.39, 0.29) is 16.8 Å². The fourth-order valence-corrected chi connectivity index (χ4v) is 5.42. The molecule has 0 saturated heterocycles. The van der Waals surface area contributed by atoms with Gasteiger partial charge in [-0.15, -0.1) is 10.2 Å². The molecule has 2 aromatic heterocycles. The van der Waals surface area contributed by atoms with Crippen LogP contribution in [-0.2, 0) is 18.4 Å². The number of pyridine rings is 1. The summed E-state index contributed by atoms with van der Waals surface area (Å²) in [7, 11) is 0. The number of fused-ring (bicyclic) bond motifs is 1. The van der Waals surface area contributed by atoms with Crippen LogP contribution in [0.1, 0.15) is 42.5 Å². The van der Waals surface area contributed by atoms with Gasteiger partial charge in [-0.2, -0.15) is 17.0 Å². The fraction of sp³-hybridized carbons (Fsp3) is 0.391. The minimum absolute atomic E-state index is 0.0683. The first kappa shape index (κ1) is 19.3. The first-order chi connectivity index (χ1) is 14.6. The van der Waals surface area contributed by atoms with E-state index in [1.165, 1.54) is 5.56 Å². The van der Waals surface area contributed by atoms with Crippen LogP contribution in [0.25, 0.3) is 11.1 Å². The van der Waals surface area contributed by atoms with Crippen molar-refractivity contribution in [1.82, 2.24) is 19.7 Å². The van der Waals surface area contributed by atoms with E-state index in [2.05, 4.69) is 57.0 Å². The predicted octanol–water partition coefficient (Wildman–Crippen LogP) is 3.33. The Morgan fingerprint density at radius 1 is 1.17 bits per heavy atom. The predicted molar refractivity (Wildman–Crippen MR) is 116 cm³/mol. The third-order valence-corrected chi connectivity index (χ3v) is 7.63. The van der Waals surface area contributed by atoms with Gasteiger partial charge >= 0.3 is 0 Å². The lowest BCUT2D eigenvalue weighted by Crippen LogP contribution is -2.28. The lowest BCUT2D eigenvalue weighted by molar-refractivity contribution is 0.254. The summed E-state index contributed by atoms with van der Waals surface area (Å²) in [6, 6.07) is 12.6. The van der Waals surface area contributed by atoms with Gasteiger partial charge in [0.15, 0.2) is 0 Å². The van der Waals surface area contributed by atoms with Gasteiger partial charge in [0.2, 0.25) is 0 Å². The molecule has 1 aliphatic carbocycles. The molecule has 1 atom stereocenters. The molecule has 1 unspecified atom stereocenters. The minimum atomic E-state index is -0.192. The molecule has 1 N–H and O–H groups in total. The van der Waals surface area contributed by atoms with Crippen LogP contribution in [0.5, 0.6) is 0 Å². The van der Waals surface area contributed by atoms with Crippen LogP contribution in [0.15, 0.2) is 42.7 Å². The number of hydrogen-bond donors (Lipinski definition) is 1. The molecule has 6 nitrogen and oxygen atoms in total. The van der Waals surface area contributed by atoms with E-state index in [0.29, 0.717) is 5.56 Å². The number of nitrogens with zero attached hydrogens (tertiary/aromatic N) is 5. The van der Waals surface area contributed by atoms with Gasteiger partial charge in [0.1, 0.15) is 17.7 Å². The number of nitriles is 1. The zero-order valence-corrected chi connectivity index (χ0v) is 17.7. The second-order valence-electron chi connectivity index (χ2n) is 8.46. The van der Waals surface area contributed by atoms with E-state index in [9.17, 15) is 5.11 Å². The Kier molecular flexibility index (Phi) is 4.64. The summed E-state index contributed by atoms with van der Waals surface area (Å²) < 4.78 is 2.10. The molecule has 0 radical (unpaired) electrons. The van der Waals surface area contributed by atoms with Crippen LogP contribution in [0.2, 0.25) is 0 Å². The number of thioether (sulfide) groups is 1. The van der Waals surface area contributed by atoms with Crippen LogP contribution in [-0.4, -0.2) is 42.0 Å². The summed E-state index contributed by atoms with van der Waals surface area (Å²) >= 11 is 1.82. The van der Waals surface area contributed by atoms with Crippen molar-refractivity contribution in [3.8, 4) is 17.2 Å². The quantitative estimate of drug-likeness (QED) is 0.701. The van der Waals surface area contributed by atoms with E-state index in [0.717, 1.165) is 54.3 Å². The minimum Gasteiger partial charge on any atom is -0.395 e. The van der Waals surface area contributed by atoms with Crippen molar-refractivity contribution in [2.75, 3.05) is 12.4 Å². The molecule has 30 heavy (non-hydrogen) atoms. The Bertz CT molecular complexity index is 1130. The molecule has 7 heteroatoms. The Balaban J connectivity index is 1.47. The van der Waals surface area contributed by atoms with Crippen molar-refractivity contribution >= 4 is 11.8 Å². The Morgan fingerprint density at radius 2 is 1.97 bits per heavy atom. The topological polar surface area (TPSA) is 87.6 Å². The lowest BCUT2D eigenvalue weighted by Gasteiger charge is -2.23. The second kappa shape index (κ2) is 7.22. The highest BCUT2D eigenvalue weighted by molar-refractivity contribution is 8.00. The standard InChI is InChI=1S/C23H23N5OS/c1-22(15-29)11-20-26-27-21(28(20)8-9-30-22)23(6-7-23)19-4-2-17(3-5-19)18-10-16(12-24)13-25-14-18/h2-5,10,13-14,29H,6-9,11,15H2,1H3. The van der Waals surface area contributed by atoms with Crippen molar-refractivity contribution in [3.63, 3.8) is 0 Å². The van der Waals surface area contributed by atoms with Gasteiger partial charge in [-0.05, 0) is 37.0 Å². The van der Waals surface area contributed by atoms with Crippen molar-refractivity contribution in [3.05, 3.63) is 65.5 Å². The monoisotopic (exact) mass is 417 g/mol. The van der Waals surface area contributed by atoms with Crippen LogP contribution in [0.3, 0.4) is 0 Å². The molecule has 3 heterocycles. The lowest BCUT2D eigenvalue weighted by atomic mass is 9.92. The third-order valence-electron chi connectivity index (χ3n) is 6.28. The van der Waals surface area contributed by atoms with Crippen LogP contribution in [0, 0.1) is 11.3 Å². The van der Waals surface area contributed by atoms with Gasteiger partial charge in [-0.3, -0.25) is 4.98 Å². The smallest absolute Gasteiger partial charge is 0.143 e. The normalized spacial score (nSPS) is 22.0. The highest BCUT2D eigenvalue weighted by Gasteiger charge is 2.50. The van der Waals surface area contributed by atoms with Crippen LogP contribution < -0.4 is 0 Å². The number of rotatable bonds is 4. The molecule has 1 fully saturated rings. The first-order valence-electron chi connectivity index (χ1n) is 10.2. The third kappa shape index (κ3) is 3.21. The van der Waals surface area contributed by atoms with Gasteiger partial charge in [0, 0.05) is 41.4 Å². The van der Waals surface area contributed by atoms with Crippen LogP contribution >= 0.6 is 11.8 Å². The molecule has 0 bridgehead atoms. The van der Waals surface area contributed by atoms with Gasteiger partial charge < -0.3 is 9.67 Å². The summed E-state index contributed by atoms with van der Waals surface area (Å²) in [4.78, 5) is 4.17. The zero-order chi connectivity index (χ0) is 20.8. The molecular weight excluding hydrogens is 394 g/mol. The van der Waals surface area contributed by atoms with Gasteiger partial charge in [-0.25, -0.2) is 0 Å². The van der Waals surface area contributed by atoms with E-state index >= 15 is 0 Å².